The SMILES string of the molecule is CS(=O)(=O)CC1CCCN(c2ncnc3cc[nH]c23)C1. The molecule has 0 amide bonds. The summed E-state index contributed by atoms with van der Waals surface area (Å²) in [5, 5.41) is 0. The topological polar surface area (TPSA) is 79.0 Å². The monoisotopic (exact) mass is 294 g/mol. The first-order chi connectivity index (χ1) is 9.53. The second-order valence-corrected chi connectivity index (χ2v) is 7.67. The second kappa shape index (κ2) is 5.05. The maximum atomic E-state index is 11.5. The Kier molecular flexibility index (Phi) is 3.37. The normalized spacial score (nSPS) is 20.4. The van der Waals surface area contributed by atoms with Crippen molar-refractivity contribution in [3.8, 4) is 0 Å². The molecule has 1 fully saturated rings. The van der Waals surface area contributed by atoms with E-state index in [0.29, 0.717) is 0 Å². The molecule has 0 radical (unpaired) electrons. The van der Waals surface area contributed by atoms with Crippen LogP contribution in [0.15, 0.2) is 18.6 Å². The van der Waals surface area contributed by atoms with Crippen LogP contribution in [0.25, 0.3) is 11.0 Å². The summed E-state index contributed by atoms with van der Waals surface area (Å²) in [5.74, 6) is 1.31. The Bertz CT molecular complexity index is 710. The van der Waals surface area contributed by atoms with Crippen molar-refractivity contribution in [3.05, 3.63) is 18.6 Å². The highest BCUT2D eigenvalue weighted by Gasteiger charge is 2.25. The Morgan fingerprint density at radius 3 is 3.10 bits per heavy atom. The van der Waals surface area contributed by atoms with Gasteiger partial charge in [0, 0.05) is 25.5 Å². The number of aromatic nitrogens is 3. The quantitative estimate of drug-likeness (QED) is 0.920. The highest BCUT2D eigenvalue weighted by atomic mass is 32.2. The number of fused-ring (bicyclic) bond motifs is 1. The van der Waals surface area contributed by atoms with Gasteiger partial charge in [-0.25, -0.2) is 18.4 Å². The van der Waals surface area contributed by atoms with Gasteiger partial charge in [-0.15, -0.1) is 0 Å². The van der Waals surface area contributed by atoms with E-state index in [0.717, 1.165) is 42.8 Å². The lowest BCUT2D eigenvalue weighted by Gasteiger charge is -2.33. The van der Waals surface area contributed by atoms with E-state index in [2.05, 4.69) is 19.9 Å². The molecule has 6 nitrogen and oxygen atoms in total. The van der Waals surface area contributed by atoms with Gasteiger partial charge in [-0.1, -0.05) is 0 Å². The van der Waals surface area contributed by atoms with Crippen LogP contribution in [0, 0.1) is 5.92 Å². The standard InChI is InChI=1S/C13H18N4O2S/c1-20(18,19)8-10-3-2-6-17(7-10)13-12-11(4-5-14-12)15-9-16-13/h4-5,9-10,14H,2-3,6-8H2,1H3. The van der Waals surface area contributed by atoms with Crippen molar-refractivity contribution < 1.29 is 8.42 Å². The summed E-state index contributed by atoms with van der Waals surface area (Å²) in [4.78, 5) is 13.9. The number of hydrogen-bond acceptors (Lipinski definition) is 5. The molecule has 0 bridgehead atoms. The maximum Gasteiger partial charge on any atom is 0.156 e. The van der Waals surface area contributed by atoms with Crippen molar-refractivity contribution in [2.45, 2.75) is 12.8 Å². The highest BCUT2D eigenvalue weighted by molar-refractivity contribution is 7.90. The number of hydrogen-bond donors (Lipinski definition) is 1. The number of anilines is 1. The molecule has 1 unspecified atom stereocenters. The molecule has 1 aliphatic rings. The Labute approximate surface area is 118 Å². The number of piperidine rings is 1. The molecule has 3 heterocycles. The van der Waals surface area contributed by atoms with E-state index < -0.39 is 9.84 Å². The Balaban J connectivity index is 1.85. The summed E-state index contributed by atoms with van der Waals surface area (Å²) in [5.41, 5.74) is 1.81. The van der Waals surface area contributed by atoms with Crippen LogP contribution < -0.4 is 4.90 Å². The zero-order chi connectivity index (χ0) is 14.2. The molecule has 108 valence electrons. The fourth-order valence-corrected chi connectivity index (χ4v) is 4.05. The third kappa shape index (κ3) is 2.77. The van der Waals surface area contributed by atoms with Gasteiger partial charge in [0.05, 0.1) is 11.3 Å². The van der Waals surface area contributed by atoms with Crippen LogP contribution in [0.5, 0.6) is 0 Å². The van der Waals surface area contributed by atoms with Gasteiger partial charge >= 0.3 is 0 Å². The average Bonchev–Trinajstić information content (AvgIpc) is 2.85. The van der Waals surface area contributed by atoms with E-state index >= 15 is 0 Å². The van der Waals surface area contributed by atoms with Gasteiger partial charge in [-0.3, -0.25) is 0 Å². The predicted octanol–water partition coefficient (Wildman–Crippen LogP) is 1.22. The van der Waals surface area contributed by atoms with Gasteiger partial charge in [0.2, 0.25) is 0 Å². The minimum Gasteiger partial charge on any atom is -0.357 e. The minimum atomic E-state index is -2.93. The van der Waals surface area contributed by atoms with Gasteiger partial charge in [-0.2, -0.15) is 0 Å². The first kappa shape index (κ1) is 13.4. The molecule has 1 N–H and O–H groups in total. The Morgan fingerprint density at radius 2 is 2.30 bits per heavy atom. The van der Waals surface area contributed by atoms with E-state index in [9.17, 15) is 8.42 Å². The third-order valence-electron chi connectivity index (χ3n) is 3.68. The van der Waals surface area contributed by atoms with Crippen molar-refractivity contribution in [2.75, 3.05) is 30.0 Å². The van der Waals surface area contributed by atoms with Crippen LogP contribution in [-0.4, -0.2) is 48.5 Å². The molecule has 0 aliphatic carbocycles. The van der Waals surface area contributed by atoms with Crippen molar-refractivity contribution in [2.24, 2.45) is 5.92 Å². The number of nitrogens with zero attached hydrogens (tertiary/aromatic N) is 3. The van der Waals surface area contributed by atoms with Gasteiger partial charge in [0.1, 0.15) is 21.7 Å². The fourth-order valence-electron chi connectivity index (χ4n) is 2.92. The number of aromatic amines is 1. The molecule has 0 saturated carbocycles. The summed E-state index contributed by atoms with van der Waals surface area (Å²) in [6, 6.07) is 1.92. The highest BCUT2D eigenvalue weighted by Crippen LogP contribution is 2.26. The average molecular weight is 294 g/mol. The summed E-state index contributed by atoms with van der Waals surface area (Å²) < 4.78 is 22.9. The number of nitrogens with one attached hydrogen (secondary N) is 1. The number of H-pyrrole nitrogens is 1. The Morgan fingerprint density at radius 1 is 1.45 bits per heavy atom. The summed E-state index contributed by atoms with van der Waals surface area (Å²) >= 11 is 0. The van der Waals surface area contributed by atoms with Crippen LogP contribution >= 0.6 is 0 Å². The van der Waals surface area contributed by atoms with E-state index in [4.69, 9.17) is 0 Å². The van der Waals surface area contributed by atoms with E-state index in [1.165, 1.54) is 6.26 Å². The number of sulfone groups is 1. The summed E-state index contributed by atoms with van der Waals surface area (Å²) in [6.07, 6.45) is 6.67. The van der Waals surface area contributed by atoms with Crippen molar-refractivity contribution in [3.63, 3.8) is 0 Å². The first-order valence-electron chi connectivity index (χ1n) is 6.74. The molecule has 0 spiro atoms. The Hall–Kier alpha value is -1.63. The molecule has 3 rings (SSSR count). The van der Waals surface area contributed by atoms with Gasteiger partial charge in [-0.05, 0) is 24.8 Å². The van der Waals surface area contributed by atoms with Gasteiger partial charge in [0.25, 0.3) is 0 Å². The zero-order valence-corrected chi connectivity index (χ0v) is 12.2. The molecule has 2 aromatic heterocycles. The van der Waals surface area contributed by atoms with Crippen molar-refractivity contribution in [1.29, 1.82) is 0 Å². The smallest absolute Gasteiger partial charge is 0.156 e. The molecular formula is C13H18N4O2S. The van der Waals surface area contributed by atoms with Crippen LogP contribution in [0.4, 0.5) is 5.82 Å². The van der Waals surface area contributed by atoms with Crippen LogP contribution in [0.1, 0.15) is 12.8 Å². The lowest BCUT2D eigenvalue weighted by atomic mass is 10.00. The van der Waals surface area contributed by atoms with Gasteiger partial charge < -0.3 is 9.88 Å². The van der Waals surface area contributed by atoms with Crippen LogP contribution in [0.3, 0.4) is 0 Å². The van der Waals surface area contributed by atoms with Crippen molar-refractivity contribution >= 4 is 26.7 Å². The van der Waals surface area contributed by atoms with E-state index in [-0.39, 0.29) is 11.7 Å². The third-order valence-corrected chi connectivity index (χ3v) is 4.76. The summed E-state index contributed by atoms with van der Waals surface area (Å²) in [6.45, 7) is 1.64. The molecule has 20 heavy (non-hydrogen) atoms. The van der Waals surface area contributed by atoms with E-state index in [1.54, 1.807) is 6.33 Å². The maximum absolute atomic E-state index is 11.5. The van der Waals surface area contributed by atoms with Crippen molar-refractivity contribution in [1.82, 2.24) is 15.0 Å². The van der Waals surface area contributed by atoms with E-state index in [1.807, 2.05) is 12.3 Å². The fraction of sp³-hybridized carbons (Fsp3) is 0.538. The number of rotatable bonds is 3. The molecule has 0 aromatic carbocycles. The van der Waals surface area contributed by atoms with Crippen LogP contribution in [0.2, 0.25) is 0 Å². The zero-order valence-electron chi connectivity index (χ0n) is 11.4. The van der Waals surface area contributed by atoms with Gasteiger partial charge in [0.15, 0.2) is 5.82 Å². The van der Waals surface area contributed by atoms with Crippen LogP contribution in [-0.2, 0) is 9.84 Å². The molecule has 1 aliphatic heterocycles. The second-order valence-electron chi connectivity index (χ2n) is 5.48. The lowest BCUT2D eigenvalue weighted by molar-refractivity contribution is 0.443. The molecule has 1 atom stereocenters. The predicted molar refractivity (Wildman–Crippen MR) is 78.5 cm³/mol. The molecule has 2 aromatic rings. The largest absolute Gasteiger partial charge is 0.357 e. The summed E-state index contributed by atoms with van der Waals surface area (Å²) in [7, 11) is -2.93. The first-order valence-corrected chi connectivity index (χ1v) is 8.80. The molecule has 7 heteroatoms. The lowest BCUT2D eigenvalue weighted by Crippen LogP contribution is -2.38. The molecular weight excluding hydrogens is 276 g/mol. The minimum absolute atomic E-state index is 0.179. The molecule has 1 saturated heterocycles.